The number of aromatic nitrogens is 2. The zero-order valence-corrected chi connectivity index (χ0v) is 19.1. The zero-order valence-electron chi connectivity index (χ0n) is 15.9. The number of halogens is 1. The molecule has 0 saturated heterocycles. The number of esters is 1. The van der Waals surface area contributed by atoms with E-state index >= 15 is 0 Å². The third-order valence-corrected chi connectivity index (χ3v) is 7.81. The first-order valence-electron chi connectivity index (χ1n) is 9.19. The van der Waals surface area contributed by atoms with Crippen LogP contribution in [0.3, 0.4) is 0 Å². The maximum atomic E-state index is 12.6. The fraction of sp³-hybridized carbons (Fsp3) is 0.450. The number of thioether (sulfide) groups is 3. The molecule has 1 fully saturated rings. The van der Waals surface area contributed by atoms with Crippen LogP contribution in [-0.2, 0) is 10.5 Å². The molecule has 0 unspecified atom stereocenters. The van der Waals surface area contributed by atoms with Crippen molar-refractivity contribution in [2.45, 2.75) is 58.3 Å². The lowest BCUT2D eigenvalue weighted by Crippen LogP contribution is -2.13. The molecule has 1 aromatic carbocycles. The molecule has 0 bridgehead atoms. The molecule has 3 rings (SSSR count). The number of ether oxygens (including phenoxy) is 1. The number of hydrogen-bond acceptors (Lipinski definition) is 7. The Balaban J connectivity index is 1.92. The minimum Gasteiger partial charge on any atom is -0.465 e. The zero-order chi connectivity index (χ0) is 19.9. The van der Waals surface area contributed by atoms with Crippen LogP contribution in [-0.4, -0.2) is 34.6 Å². The van der Waals surface area contributed by atoms with Crippen molar-refractivity contribution in [2.75, 3.05) is 13.4 Å². The molecule has 0 atom stereocenters. The SMILES string of the molecule is COC(=O)c1c(SCc2ccccc2Cl)nc(SC)nc1SC1CCCCC1. The van der Waals surface area contributed by atoms with Crippen LogP contribution in [0.4, 0.5) is 0 Å². The maximum absolute atomic E-state index is 12.6. The highest BCUT2D eigenvalue weighted by Gasteiger charge is 2.26. The number of benzene rings is 1. The van der Waals surface area contributed by atoms with Crippen molar-refractivity contribution in [1.82, 2.24) is 9.97 Å². The quantitative estimate of drug-likeness (QED) is 0.209. The van der Waals surface area contributed by atoms with Gasteiger partial charge in [-0.1, -0.05) is 60.8 Å². The second-order valence-corrected chi connectivity index (χ2v) is 9.88. The van der Waals surface area contributed by atoms with Gasteiger partial charge in [0.15, 0.2) is 5.16 Å². The van der Waals surface area contributed by atoms with Gasteiger partial charge in [0.05, 0.1) is 7.11 Å². The molecular formula is C20H23ClN2O2S3. The van der Waals surface area contributed by atoms with Crippen LogP contribution in [0.5, 0.6) is 0 Å². The van der Waals surface area contributed by atoms with Gasteiger partial charge in [0, 0.05) is 16.0 Å². The summed E-state index contributed by atoms with van der Waals surface area (Å²) in [5.74, 6) is 0.245. The molecule has 4 nitrogen and oxygen atoms in total. The topological polar surface area (TPSA) is 52.1 Å². The van der Waals surface area contributed by atoms with Crippen molar-refractivity contribution in [3.63, 3.8) is 0 Å². The van der Waals surface area contributed by atoms with E-state index in [1.165, 1.54) is 49.9 Å². The van der Waals surface area contributed by atoms with Crippen LogP contribution in [0.15, 0.2) is 39.5 Å². The summed E-state index contributed by atoms with van der Waals surface area (Å²) in [5.41, 5.74) is 1.49. The van der Waals surface area contributed by atoms with Gasteiger partial charge in [-0.25, -0.2) is 14.8 Å². The van der Waals surface area contributed by atoms with Gasteiger partial charge in [-0.15, -0.1) is 23.5 Å². The van der Waals surface area contributed by atoms with Crippen molar-refractivity contribution < 1.29 is 9.53 Å². The first-order chi connectivity index (χ1) is 13.6. The maximum Gasteiger partial charge on any atom is 0.343 e. The summed E-state index contributed by atoms with van der Waals surface area (Å²) >= 11 is 11.0. The highest BCUT2D eigenvalue weighted by molar-refractivity contribution is 8.00. The second-order valence-electron chi connectivity index (χ2n) is 6.45. The molecule has 1 aliphatic carbocycles. The molecule has 8 heteroatoms. The third kappa shape index (κ3) is 5.59. The number of carbonyl (C=O) groups excluding carboxylic acids is 1. The van der Waals surface area contributed by atoms with Gasteiger partial charge < -0.3 is 4.74 Å². The van der Waals surface area contributed by atoms with E-state index in [0.717, 1.165) is 23.4 Å². The fourth-order valence-corrected chi connectivity index (χ4v) is 6.23. The van der Waals surface area contributed by atoms with E-state index in [1.807, 2.05) is 30.5 Å². The first-order valence-corrected chi connectivity index (χ1v) is 12.7. The number of nitrogens with zero attached hydrogens (tertiary/aromatic N) is 2. The first kappa shape index (κ1) is 21.8. The Morgan fingerprint density at radius 2 is 1.89 bits per heavy atom. The summed E-state index contributed by atoms with van der Waals surface area (Å²) in [5, 5.41) is 3.27. The summed E-state index contributed by atoms with van der Waals surface area (Å²) in [4.78, 5) is 21.9. The molecule has 2 aromatic rings. The molecule has 0 aliphatic heterocycles. The van der Waals surface area contributed by atoms with Crippen LogP contribution in [0.1, 0.15) is 48.0 Å². The van der Waals surface area contributed by atoms with Gasteiger partial charge in [-0.05, 0) is 30.7 Å². The van der Waals surface area contributed by atoms with E-state index in [-0.39, 0.29) is 5.97 Å². The highest BCUT2D eigenvalue weighted by Crippen LogP contribution is 2.38. The van der Waals surface area contributed by atoms with Crippen molar-refractivity contribution >= 4 is 52.9 Å². The predicted octanol–water partition coefficient (Wildman–Crippen LogP) is 6.36. The molecule has 0 spiro atoms. The molecular weight excluding hydrogens is 432 g/mol. The Morgan fingerprint density at radius 1 is 1.18 bits per heavy atom. The molecule has 1 saturated carbocycles. The van der Waals surface area contributed by atoms with Gasteiger partial charge in [0.1, 0.15) is 15.6 Å². The number of carbonyl (C=O) groups is 1. The summed E-state index contributed by atoms with van der Waals surface area (Å²) in [6.07, 6.45) is 8.03. The summed E-state index contributed by atoms with van der Waals surface area (Å²) in [6.45, 7) is 0. The average Bonchev–Trinajstić information content (AvgIpc) is 2.73. The van der Waals surface area contributed by atoms with Gasteiger partial charge in [-0.2, -0.15) is 0 Å². The number of hydrogen-bond donors (Lipinski definition) is 0. The summed E-state index contributed by atoms with van der Waals surface area (Å²) in [6, 6.07) is 7.73. The molecule has 1 heterocycles. The summed E-state index contributed by atoms with van der Waals surface area (Å²) in [7, 11) is 1.41. The van der Waals surface area contributed by atoms with Gasteiger partial charge in [0.25, 0.3) is 0 Å². The lowest BCUT2D eigenvalue weighted by molar-refractivity contribution is 0.0590. The molecule has 1 aliphatic rings. The van der Waals surface area contributed by atoms with Crippen molar-refractivity contribution in [3.8, 4) is 0 Å². The van der Waals surface area contributed by atoms with E-state index in [9.17, 15) is 4.79 Å². The summed E-state index contributed by atoms with van der Waals surface area (Å²) < 4.78 is 5.08. The fourth-order valence-electron chi connectivity index (χ4n) is 3.06. The predicted molar refractivity (Wildman–Crippen MR) is 119 cm³/mol. The number of methoxy groups -OCH3 is 1. The van der Waals surface area contributed by atoms with Crippen LogP contribution < -0.4 is 0 Å². The van der Waals surface area contributed by atoms with E-state index in [1.54, 1.807) is 11.8 Å². The molecule has 0 amide bonds. The lowest BCUT2D eigenvalue weighted by Gasteiger charge is -2.22. The largest absolute Gasteiger partial charge is 0.465 e. The Labute approximate surface area is 184 Å². The van der Waals surface area contributed by atoms with Gasteiger partial charge >= 0.3 is 5.97 Å². The molecule has 0 N–H and O–H groups in total. The standard InChI is InChI=1S/C20H23ClN2O2S3/c1-25-19(24)16-17(27-12-13-8-6-7-11-15(13)21)22-20(26-2)23-18(16)28-14-9-4-3-5-10-14/h6-8,11,14H,3-5,9-10,12H2,1-2H3. The minimum atomic E-state index is -0.382. The Hall–Kier alpha value is -0.890. The monoisotopic (exact) mass is 454 g/mol. The Kier molecular flexibility index (Phi) is 8.38. The molecule has 1 aromatic heterocycles. The highest BCUT2D eigenvalue weighted by atomic mass is 35.5. The van der Waals surface area contributed by atoms with Crippen LogP contribution in [0.25, 0.3) is 0 Å². The second kappa shape index (κ2) is 10.8. The van der Waals surface area contributed by atoms with E-state index in [2.05, 4.69) is 9.97 Å². The van der Waals surface area contributed by atoms with Gasteiger partial charge in [-0.3, -0.25) is 0 Å². The Morgan fingerprint density at radius 3 is 2.57 bits per heavy atom. The third-order valence-electron chi connectivity index (χ3n) is 4.55. The molecule has 150 valence electrons. The molecule has 28 heavy (non-hydrogen) atoms. The number of rotatable bonds is 7. The minimum absolute atomic E-state index is 0.382. The van der Waals surface area contributed by atoms with Crippen molar-refractivity contribution in [3.05, 3.63) is 40.4 Å². The van der Waals surface area contributed by atoms with Crippen molar-refractivity contribution in [2.24, 2.45) is 0 Å². The lowest BCUT2D eigenvalue weighted by atomic mass is 10.0. The van der Waals surface area contributed by atoms with E-state index in [4.69, 9.17) is 16.3 Å². The average molecular weight is 455 g/mol. The van der Waals surface area contributed by atoms with Gasteiger partial charge in [0.2, 0.25) is 0 Å². The normalized spacial score (nSPS) is 14.8. The van der Waals surface area contributed by atoms with E-state index in [0.29, 0.717) is 31.8 Å². The Bertz CT molecular complexity index is 829. The smallest absolute Gasteiger partial charge is 0.343 e. The van der Waals surface area contributed by atoms with E-state index < -0.39 is 0 Å². The van der Waals surface area contributed by atoms with Crippen LogP contribution >= 0.6 is 46.9 Å². The van der Waals surface area contributed by atoms with Crippen LogP contribution in [0.2, 0.25) is 5.02 Å². The van der Waals surface area contributed by atoms with Crippen LogP contribution in [0, 0.1) is 0 Å². The molecule has 0 radical (unpaired) electrons. The van der Waals surface area contributed by atoms with Crippen molar-refractivity contribution in [1.29, 1.82) is 0 Å².